The quantitative estimate of drug-likeness (QED) is 0.775. The molecule has 3 heterocycles. The highest BCUT2D eigenvalue weighted by Gasteiger charge is 2.35. The summed E-state index contributed by atoms with van der Waals surface area (Å²) in [5, 5.41) is 0. The molecule has 0 spiro atoms. The van der Waals surface area contributed by atoms with Crippen LogP contribution in [0.3, 0.4) is 0 Å². The molecule has 2 atom stereocenters. The Morgan fingerprint density at radius 3 is 2.80 bits per heavy atom. The number of aryl methyl sites for hydroxylation is 1. The van der Waals surface area contributed by atoms with Crippen LogP contribution in [0.2, 0.25) is 0 Å². The molecule has 0 unspecified atom stereocenters. The van der Waals surface area contributed by atoms with Gasteiger partial charge >= 0.3 is 5.69 Å². The lowest BCUT2D eigenvalue weighted by atomic mass is 9.90. The molecule has 3 rings (SSSR count). The number of nitrogen functional groups attached to an aromatic ring is 1. The number of amides is 1. The van der Waals surface area contributed by atoms with Crippen molar-refractivity contribution in [2.45, 2.75) is 39.2 Å². The van der Waals surface area contributed by atoms with E-state index >= 15 is 0 Å². The van der Waals surface area contributed by atoms with E-state index in [1.165, 1.54) is 0 Å². The van der Waals surface area contributed by atoms with E-state index < -0.39 is 17.2 Å². The van der Waals surface area contributed by atoms with E-state index in [0.29, 0.717) is 18.2 Å². The zero-order valence-electron chi connectivity index (χ0n) is 14.3. The summed E-state index contributed by atoms with van der Waals surface area (Å²) in [6.07, 6.45) is 2.34. The number of anilines is 1. The number of nitrogens with one attached hydrogen (secondary N) is 2. The molecule has 4 N–H and O–H groups in total. The fourth-order valence-corrected chi connectivity index (χ4v) is 3.23. The van der Waals surface area contributed by atoms with Crippen molar-refractivity contribution in [1.82, 2.24) is 14.9 Å². The van der Waals surface area contributed by atoms with Gasteiger partial charge in [-0.1, -0.05) is 13.8 Å². The summed E-state index contributed by atoms with van der Waals surface area (Å²) in [6, 6.07) is 3.53. The van der Waals surface area contributed by atoms with Gasteiger partial charge in [-0.25, -0.2) is 4.79 Å². The predicted molar refractivity (Wildman–Crippen MR) is 92.4 cm³/mol. The van der Waals surface area contributed by atoms with Gasteiger partial charge in [0.05, 0.1) is 6.04 Å². The van der Waals surface area contributed by atoms with Crippen LogP contribution in [0.15, 0.2) is 26.1 Å². The van der Waals surface area contributed by atoms with E-state index in [-0.39, 0.29) is 17.4 Å². The lowest BCUT2D eigenvalue weighted by molar-refractivity contribution is 0.0513. The van der Waals surface area contributed by atoms with E-state index in [1.54, 1.807) is 4.90 Å². The van der Waals surface area contributed by atoms with Crippen LogP contribution >= 0.6 is 0 Å². The molecule has 2 aromatic heterocycles. The third kappa shape index (κ3) is 3.24. The van der Waals surface area contributed by atoms with Gasteiger partial charge in [-0.3, -0.25) is 14.6 Å². The fraction of sp³-hybridized carbons (Fsp3) is 0.471. The minimum Gasteiger partial charge on any atom is -0.464 e. The number of piperidine rings is 1. The lowest BCUT2D eigenvalue weighted by Gasteiger charge is -2.37. The molecule has 1 aliphatic heterocycles. The number of H-pyrrole nitrogens is 2. The van der Waals surface area contributed by atoms with Crippen LogP contribution in [-0.4, -0.2) is 27.3 Å². The van der Waals surface area contributed by atoms with Crippen LogP contribution in [0.1, 0.15) is 54.7 Å². The summed E-state index contributed by atoms with van der Waals surface area (Å²) in [7, 11) is 0. The van der Waals surface area contributed by atoms with Crippen LogP contribution in [0.5, 0.6) is 0 Å². The maximum Gasteiger partial charge on any atom is 0.326 e. The molecule has 0 aromatic carbocycles. The molecule has 0 saturated carbocycles. The lowest BCUT2D eigenvalue weighted by Crippen LogP contribution is -2.42. The summed E-state index contributed by atoms with van der Waals surface area (Å²) in [5.74, 6) is 1.53. The van der Waals surface area contributed by atoms with Crippen molar-refractivity contribution in [2.24, 2.45) is 5.92 Å². The molecule has 1 fully saturated rings. The van der Waals surface area contributed by atoms with Crippen molar-refractivity contribution < 1.29 is 9.21 Å². The minimum atomic E-state index is -0.764. The Hall–Kier alpha value is -2.77. The summed E-state index contributed by atoms with van der Waals surface area (Å²) < 4.78 is 5.85. The Kier molecular flexibility index (Phi) is 4.52. The molecule has 8 heteroatoms. The maximum atomic E-state index is 13.0. The summed E-state index contributed by atoms with van der Waals surface area (Å²) in [6.45, 7) is 4.62. The monoisotopic (exact) mass is 346 g/mol. The van der Waals surface area contributed by atoms with E-state index in [2.05, 4.69) is 11.9 Å². The van der Waals surface area contributed by atoms with Crippen molar-refractivity contribution >= 4 is 11.6 Å². The van der Waals surface area contributed by atoms with Crippen LogP contribution in [0.4, 0.5) is 5.69 Å². The molecule has 25 heavy (non-hydrogen) atoms. The highest BCUT2D eigenvalue weighted by atomic mass is 16.3. The highest BCUT2D eigenvalue weighted by Crippen LogP contribution is 2.36. The van der Waals surface area contributed by atoms with Gasteiger partial charge in [-0.05, 0) is 30.9 Å². The van der Waals surface area contributed by atoms with Gasteiger partial charge < -0.3 is 20.0 Å². The van der Waals surface area contributed by atoms with Gasteiger partial charge in [-0.15, -0.1) is 0 Å². The van der Waals surface area contributed by atoms with Crippen molar-refractivity contribution in [2.75, 3.05) is 12.3 Å². The summed E-state index contributed by atoms with van der Waals surface area (Å²) in [4.78, 5) is 42.2. The SMILES string of the molecule is CCc1ccc([C@H]2C[C@@H](C)CCN2C(=O)c2[nH]c(=O)[nH]c(=O)c2N)o1. The molecular weight excluding hydrogens is 324 g/mol. The van der Waals surface area contributed by atoms with Gasteiger partial charge in [0, 0.05) is 13.0 Å². The number of aromatic amines is 2. The number of carbonyl (C=O) groups is 1. The molecule has 0 bridgehead atoms. The number of hydrogen-bond acceptors (Lipinski definition) is 5. The number of nitrogens with two attached hydrogens (primary N) is 1. The first kappa shape index (κ1) is 17.1. The molecule has 0 radical (unpaired) electrons. The zero-order chi connectivity index (χ0) is 18.1. The number of likely N-dealkylation sites (tertiary alicyclic amines) is 1. The Balaban J connectivity index is 1.99. The normalized spacial score (nSPS) is 20.6. The Labute approximate surface area is 144 Å². The van der Waals surface area contributed by atoms with E-state index in [4.69, 9.17) is 10.2 Å². The van der Waals surface area contributed by atoms with E-state index in [1.807, 2.05) is 24.0 Å². The smallest absolute Gasteiger partial charge is 0.326 e. The van der Waals surface area contributed by atoms with E-state index in [9.17, 15) is 14.4 Å². The predicted octanol–water partition coefficient (Wildman–Crippen LogP) is 1.41. The second kappa shape index (κ2) is 6.62. The minimum absolute atomic E-state index is 0.171. The number of rotatable bonds is 3. The Morgan fingerprint density at radius 2 is 2.12 bits per heavy atom. The van der Waals surface area contributed by atoms with Crippen molar-refractivity contribution in [3.05, 3.63) is 50.2 Å². The molecule has 1 amide bonds. The molecule has 1 aliphatic rings. The molecular formula is C17H22N4O4. The number of carbonyl (C=O) groups excluding carboxylic acids is 1. The van der Waals surface area contributed by atoms with Crippen molar-refractivity contribution in [3.8, 4) is 0 Å². The highest BCUT2D eigenvalue weighted by molar-refractivity contribution is 5.97. The third-order valence-corrected chi connectivity index (χ3v) is 4.68. The van der Waals surface area contributed by atoms with Crippen LogP contribution in [0.25, 0.3) is 0 Å². The summed E-state index contributed by atoms with van der Waals surface area (Å²) in [5.41, 5.74) is 3.74. The second-order valence-corrected chi connectivity index (χ2v) is 6.50. The summed E-state index contributed by atoms with van der Waals surface area (Å²) >= 11 is 0. The molecule has 8 nitrogen and oxygen atoms in total. The fourth-order valence-electron chi connectivity index (χ4n) is 3.23. The largest absolute Gasteiger partial charge is 0.464 e. The second-order valence-electron chi connectivity index (χ2n) is 6.50. The van der Waals surface area contributed by atoms with Gasteiger partial charge in [0.2, 0.25) is 0 Å². The van der Waals surface area contributed by atoms with Crippen LogP contribution < -0.4 is 17.0 Å². The first-order valence-electron chi connectivity index (χ1n) is 8.42. The molecule has 2 aromatic rings. The van der Waals surface area contributed by atoms with Gasteiger partial charge in [-0.2, -0.15) is 0 Å². The first-order valence-corrected chi connectivity index (χ1v) is 8.42. The standard InChI is InChI=1S/C17H22N4O4/c1-3-10-4-5-12(25-10)11-8-9(2)6-7-21(11)16(23)14-13(18)15(22)20-17(24)19-14/h4-5,9,11H,3,6-8,18H2,1-2H3,(H2,19,20,22,24)/t9-,11+/m0/s1. The zero-order valence-corrected chi connectivity index (χ0v) is 14.3. The van der Waals surface area contributed by atoms with Gasteiger partial charge in [0.25, 0.3) is 11.5 Å². The number of nitrogens with zero attached hydrogens (tertiary/aromatic N) is 1. The average Bonchev–Trinajstić information content (AvgIpc) is 3.06. The number of furan rings is 1. The first-order chi connectivity index (χ1) is 11.9. The third-order valence-electron chi connectivity index (χ3n) is 4.68. The van der Waals surface area contributed by atoms with E-state index in [0.717, 1.165) is 25.0 Å². The van der Waals surface area contributed by atoms with Crippen LogP contribution in [-0.2, 0) is 6.42 Å². The number of aromatic nitrogens is 2. The van der Waals surface area contributed by atoms with Crippen molar-refractivity contribution in [1.29, 1.82) is 0 Å². The molecule has 1 saturated heterocycles. The van der Waals surface area contributed by atoms with Gasteiger partial charge in [0.1, 0.15) is 22.9 Å². The van der Waals surface area contributed by atoms with Gasteiger partial charge in [0.15, 0.2) is 0 Å². The van der Waals surface area contributed by atoms with Crippen LogP contribution in [0, 0.1) is 5.92 Å². The Morgan fingerprint density at radius 1 is 1.36 bits per heavy atom. The average molecular weight is 346 g/mol. The maximum absolute atomic E-state index is 13.0. The molecule has 0 aliphatic carbocycles. The topological polar surface area (TPSA) is 125 Å². The Bertz CT molecular complexity index is 895. The van der Waals surface area contributed by atoms with Crippen molar-refractivity contribution in [3.63, 3.8) is 0 Å². The number of hydrogen-bond donors (Lipinski definition) is 3. The molecule has 134 valence electrons.